The summed E-state index contributed by atoms with van der Waals surface area (Å²) in [5.41, 5.74) is 8.72. The molecule has 172 valence electrons. The number of hydrogen-bond donors (Lipinski definition) is 0. The minimum absolute atomic E-state index is 0.114. The van der Waals surface area contributed by atoms with Crippen LogP contribution in [0.3, 0.4) is 0 Å². The molecule has 0 aromatic heterocycles. The molecule has 5 rings (SSSR count). The largest absolute Gasteiger partial charge is 0.488 e. The monoisotopic (exact) mass is 446 g/mol. The Balaban J connectivity index is 1.78. The number of benzene rings is 4. The highest BCUT2D eigenvalue weighted by Gasteiger charge is 2.45. The van der Waals surface area contributed by atoms with E-state index in [0.29, 0.717) is 0 Å². The molecule has 0 unspecified atom stereocenters. The van der Waals surface area contributed by atoms with Crippen LogP contribution in [0.1, 0.15) is 69.4 Å². The van der Waals surface area contributed by atoms with Crippen molar-refractivity contribution in [2.24, 2.45) is 0 Å². The Morgan fingerprint density at radius 2 is 0.971 bits per heavy atom. The second-order valence-corrected chi connectivity index (χ2v) is 11.4. The van der Waals surface area contributed by atoms with E-state index in [1.54, 1.807) is 0 Å². The molecule has 0 N–H and O–H groups in total. The highest BCUT2D eigenvalue weighted by atomic mass is 16.5. The number of rotatable bonds is 3. The van der Waals surface area contributed by atoms with E-state index in [0.717, 1.165) is 5.75 Å². The zero-order valence-corrected chi connectivity index (χ0v) is 21.1. The minimum Gasteiger partial charge on any atom is -0.488 e. The third kappa shape index (κ3) is 3.64. The summed E-state index contributed by atoms with van der Waals surface area (Å²) < 4.78 is 6.15. The maximum atomic E-state index is 6.15. The van der Waals surface area contributed by atoms with Gasteiger partial charge in [-0.15, -0.1) is 0 Å². The predicted molar refractivity (Wildman–Crippen MR) is 143 cm³/mol. The summed E-state index contributed by atoms with van der Waals surface area (Å²) in [5.74, 6) is 0.897. The van der Waals surface area contributed by atoms with Crippen molar-refractivity contribution in [3.63, 3.8) is 0 Å². The van der Waals surface area contributed by atoms with Crippen LogP contribution in [-0.2, 0) is 10.8 Å². The van der Waals surface area contributed by atoms with E-state index in [1.807, 2.05) is 0 Å². The Morgan fingerprint density at radius 3 is 1.41 bits per heavy atom. The fourth-order valence-electron chi connectivity index (χ4n) is 5.37. The van der Waals surface area contributed by atoms with Gasteiger partial charge in [0.1, 0.15) is 11.4 Å². The van der Waals surface area contributed by atoms with Crippen LogP contribution in [-0.4, -0.2) is 5.60 Å². The lowest BCUT2D eigenvalue weighted by molar-refractivity contribution is 0.131. The molecular formula is C33H34O. The fourth-order valence-corrected chi connectivity index (χ4v) is 5.37. The SMILES string of the molecule is CC(C)(C)Oc1ccc(C2(c3ccc(C(C)(C)C)cc3)c3ccccc3-c3ccccc32)cc1. The van der Waals surface area contributed by atoms with E-state index in [-0.39, 0.29) is 16.4 Å². The molecule has 1 nitrogen and oxygen atoms in total. The summed E-state index contributed by atoms with van der Waals surface area (Å²) in [6.45, 7) is 13.1. The first kappa shape index (κ1) is 22.5. The highest BCUT2D eigenvalue weighted by molar-refractivity contribution is 5.86. The summed E-state index contributed by atoms with van der Waals surface area (Å²) in [4.78, 5) is 0. The lowest BCUT2D eigenvalue weighted by atomic mass is 9.67. The van der Waals surface area contributed by atoms with E-state index >= 15 is 0 Å². The first-order valence-corrected chi connectivity index (χ1v) is 12.2. The second kappa shape index (κ2) is 7.87. The first-order chi connectivity index (χ1) is 16.1. The first-order valence-electron chi connectivity index (χ1n) is 12.2. The van der Waals surface area contributed by atoms with Crippen LogP contribution in [0.5, 0.6) is 5.75 Å². The average molecular weight is 447 g/mol. The smallest absolute Gasteiger partial charge is 0.120 e. The molecule has 0 fully saturated rings. The number of ether oxygens (including phenoxy) is 1. The molecule has 0 radical (unpaired) electrons. The molecule has 0 saturated carbocycles. The molecule has 1 heteroatoms. The van der Waals surface area contributed by atoms with E-state index in [4.69, 9.17) is 4.74 Å². The summed E-state index contributed by atoms with van der Waals surface area (Å²) in [6, 6.07) is 35.8. The van der Waals surface area contributed by atoms with Crippen LogP contribution < -0.4 is 4.74 Å². The van der Waals surface area contributed by atoms with Gasteiger partial charge in [-0.2, -0.15) is 0 Å². The van der Waals surface area contributed by atoms with Crippen molar-refractivity contribution >= 4 is 0 Å². The van der Waals surface area contributed by atoms with Crippen LogP contribution in [0.2, 0.25) is 0 Å². The van der Waals surface area contributed by atoms with Crippen molar-refractivity contribution in [3.8, 4) is 16.9 Å². The highest BCUT2D eigenvalue weighted by Crippen LogP contribution is 2.56. The summed E-state index contributed by atoms with van der Waals surface area (Å²) in [6.07, 6.45) is 0. The summed E-state index contributed by atoms with van der Waals surface area (Å²) in [5, 5.41) is 0. The molecule has 34 heavy (non-hydrogen) atoms. The summed E-state index contributed by atoms with van der Waals surface area (Å²) in [7, 11) is 0. The summed E-state index contributed by atoms with van der Waals surface area (Å²) >= 11 is 0. The molecular weight excluding hydrogens is 412 g/mol. The maximum Gasteiger partial charge on any atom is 0.120 e. The van der Waals surface area contributed by atoms with Gasteiger partial charge in [-0.3, -0.25) is 0 Å². The second-order valence-electron chi connectivity index (χ2n) is 11.4. The normalized spacial score (nSPS) is 14.4. The standard InChI is InChI=1S/C33H34O/c1-31(2,3)23-15-17-24(18-16-23)33(25-19-21-26(22-20-25)34-32(4,5)6)29-13-9-7-11-27(29)28-12-8-10-14-30(28)33/h7-22H,1-6H3. The van der Waals surface area contributed by atoms with Crippen molar-refractivity contribution in [2.75, 3.05) is 0 Å². The molecule has 1 aliphatic carbocycles. The zero-order chi connectivity index (χ0) is 24.1. The van der Waals surface area contributed by atoms with Crippen molar-refractivity contribution < 1.29 is 4.74 Å². The van der Waals surface area contributed by atoms with Gasteiger partial charge in [0, 0.05) is 0 Å². The van der Waals surface area contributed by atoms with Gasteiger partial charge in [0.15, 0.2) is 0 Å². The quantitative estimate of drug-likeness (QED) is 0.270. The van der Waals surface area contributed by atoms with Gasteiger partial charge in [0.25, 0.3) is 0 Å². The molecule has 1 aliphatic rings. The van der Waals surface area contributed by atoms with Gasteiger partial charge in [0.2, 0.25) is 0 Å². The molecule has 4 aromatic carbocycles. The topological polar surface area (TPSA) is 9.23 Å². The third-order valence-electron chi connectivity index (χ3n) is 6.85. The molecule has 0 heterocycles. The lowest BCUT2D eigenvalue weighted by Crippen LogP contribution is -2.29. The van der Waals surface area contributed by atoms with Crippen LogP contribution >= 0.6 is 0 Å². The molecule has 0 aliphatic heterocycles. The Morgan fingerprint density at radius 1 is 0.529 bits per heavy atom. The van der Waals surface area contributed by atoms with E-state index in [9.17, 15) is 0 Å². The minimum atomic E-state index is -0.371. The van der Waals surface area contributed by atoms with Crippen molar-refractivity contribution in [3.05, 3.63) is 125 Å². The Hall–Kier alpha value is -3.32. The van der Waals surface area contributed by atoms with E-state index in [1.165, 1.54) is 38.9 Å². The molecule has 0 spiro atoms. The van der Waals surface area contributed by atoms with Crippen LogP contribution in [0.4, 0.5) is 0 Å². The van der Waals surface area contributed by atoms with Crippen molar-refractivity contribution in [1.82, 2.24) is 0 Å². The maximum absolute atomic E-state index is 6.15. The Bertz CT molecular complexity index is 1270. The average Bonchev–Trinajstić information content (AvgIpc) is 3.10. The van der Waals surface area contributed by atoms with E-state index < -0.39 is 0 Å². The van der Waals surface area contributed by atoms with Gasteiger partial charge >= 0.3 is 0 Å². The number of fused-ring (bicyclic) bond motifs is 3. The van der Waals surface area contributed by atoms with Gasteiger partial charge < -0.3 is 4.74 Å². The third-order valence-corrected chi connectivity index (χ3v) is 6.85. The van der Waals surface area contributed by atoms with Crippen LogP contribution in [0, 0.1) is 0 Å². The van der Waals surface area contributed by atoms with E-state index in [2.05, 4.69) is 139 Å². The Labute approximate surface area is 204 Å². The van der Waals surface area contributed by atoms with Crippen LogP contribution in [0.25, 0.3) is 11.1 Å². The number of hydrogen-bond acceptors (Lipinski definition) is 1. The molecule has 0 saturated heterocycles. The van der Waals surface area contributed by atoms with Crippen LogP contribution in [0.15, 0.2) is 97.1 Å². The zero-order valence-electron chi connectivity index (χ0n) is 21.1. The van der Waals surface area contributed by atoms with Gasteiger partial charge in [0.05, 0.1) is 5.41 Å². The molecule has 0 atom stereocenters. The molecule has 0 amide bonds. The van der Waals surface area contributed by atoms with Gasteiger partial charge in [-0.25, -0.2) is 0 Å². The molecule has 4 aromatic rings. The van der Waals surface area contributed by atoms with Gasteiger partial charge in [-0.05, 0) is 77.3 Å². The predicted octanol–water partition coefficient (Wildman–Crippen LogP) is 8.52. The molecule has 0 bridgehead atoms. The lowest BCUT2D eigenvalue weighted by Gasteiger charge is -2.34. The van der Waals surface area contributed by atoms with Crippen molar-refractivity contribution in [2.45, 2.75) is 58.0 Å². The van der Waals surface area contributed by atoms with Crippen molar-refractivity contribution in [1.29, 1.82) is 0 Å². The fraction of sp³-hybridized carbons (Fsp3) is 0.273. The Kier molecular flexibility index (Phi) is 5.20. The van der Waals surface area contributed by atoms with Gasteiger partial charge in [-0.1, -0.05) is 106 Å².